The molecule has 0 radical (unpaired) electrons. The SMILES string of the molecule is O=C(O)c1cc(CF)cc(CCBr)c1. The third-order valence-corrected chi connectivity index (χ3v) is 2.23. The molecule has 1 rings (SSSR count). The Hall–Kier alpha value is -0.900. The summed E-state index contributed by atoms with van der Waals surface area (Å²) in [5.41, 5.74) is 1.41. The highest BCUT2D eigenvalue weighted by Gasteiger charge is 2.06. The highest BCUT2D eigenvalue weighted by molar-refractivity contribution is 9.09. The fourth-order valence-electron chi connectivity index (χ4n) is 1.22. The van der Waals surface area contributed by atoms with Crippen molar-refractivity contribution >= 4 is 21.9 Å². The van der Waals surface area contributed by atoms with Crippen molar-refractivity contribution in [2.75, 3.05) is 5.33 Å². The Morgan fingerprint density at radius 3 is 2.50 bits per heavy atom. The molecule has 0 saturated carbocycles. The van der Waals surface area contributed by atoms with Crippen molar-refractivity contribution in [2.45, 2.75) is 13.1 Å². The molecule has 0 aliphatic rings. The number of alkyl halides is 2. The summed E-state index contributed by atoms with van der Waals surface area (Å²) in [5.74, 6) is -1.02. The van der Waals surface area contributed by atoms with Crippen LogP contribution in [0.1, 0.15) is 21.5 Å². The number of halogens is 2. The average molecular weight is 261 g/mol. The van der Waals surface area contributed by atoms with E-state index in [1.807, 2.05) is 0 Å². The fourth-order valence-corrected chi connectivity index (χ4v) is 1.67. The number of rotatable bonds is 4. The largest absolute Gasteiger partial charge is 0.478 e. The van der Waals surface area contributed by atoms with Gasteiger partial charge in [0.2, 0.25) is 0 Å². The van der Waals surface area contributed by atoms with Crippen LogP contribution in [0.15, 0.2) is 18.2 Å². The molecular formula is C10H10BrFO2. The summed E-state index contributed by atoms with van der Waals surface area (Å²) in [7, 11) is 0. The van der Waals surface area contributed by atoms with Crippen LogP contribution in [0, 0.1) is 0 Å². The first-order valence-electron chi connectivity index (χ1n) is 4.15. The van der Waals surface area contributed by atoms with Crippen LogP contribution in [0.4, 0.5) is 4.39 Å². The van der Waals surface area contributed by atoms with Gasteiger partial charge in [0.1, 0.15) is 6.67 Å². The molecule has 4 heteroatoms. The zero-order valence-electron chi connectivity index (χ0n) is 7.46. The van der Waals surface area contributed by atoms with Crippen LogP contribution in [-0.2, 0) is 13.1 Å². The van der Waals surface area contributed by atoms with Gasteiger partial charge in [-0.05, 0) is 29.7 Å². The van der Waals surface area contributed by atoms with Gasteiger partial charge >= 0.3 is 5.97 Å². The lowest BCUT2D eigenvalue weighted by molar-refractivity contribution is 0.0696. The van der Waals surface area contributed by atoms with E-state index >= 15 is 0 Å². The minimum atomic E-state index is -1.02. The van der Waals surface area contributed by atoms with Crippen LogP contribution in [0.3, 0.4) is 0 Å². The summed E-state index contributed by atoms with van der Waals surface area (Å²) in [5, 5.41) is 9.50. The van der Waals surface area contributed by atoms with Crippen LogP contribution in [0.25, 0.3) is 0 Å². The lowest BCUT2D eigenvalue weighted by Crippen LogP contribution is -2.00. The summed E-state index contributed by atoms with van der Waals surface area (Å²) < 4.78 is 12.4. The van der Waals surface area contributed by atoms with Crippen molar-refractivity contribution < 1.29 is 14.3 Å². The summed E-state index contributed by atoms with van der Waals surface area (Å²) >= 11 is 3.25. The van der Waals surface area contributed by atoms with Gasteiger partial charge in [-0.1, -0.05) is 22.0 Å². The van der Waals surface area contributed by atoms with Crippen molar-refractivity contribution in [2.24, 2.45) is 0 Å². The predicted octanol–water partition coefficient (Wildman–Crippen LogP) is 2.79. The summed E-state index contributed by atoms with van der Waals surface area (Å²) in [6, 6.07) is 4.62. The molecule has 0 amide bonds. The molecule has 0 spiro atoms. The van der Waals surface area contributed by atoms with Gasteiger partial charge < -0.3 is 5.11 Å². The topological polar surface area (TPSA) is 37.3 Å². The van der Waals surface area contributed by atoms with E-state index in [-0.39, 0.29) is 5.56 Å². The van der Waals surface area contributed by atoms with E-state index in [9.17, 15) is 9.18 Å². The van der Waals surface area contributed by atoms with Gasteiger partial charge in [-0.25, -0.2) is 9.18 Å². The molecule has 0 saturated heterocycles. The summed E-state index contributed by atoms with van der Waals surface area (Å²) in [4.78, 5) is 10.7. The number of benzene rings is 1. The molecule has 14 heavy (non-hydrogen) atoms. The van der Waals surface area contributed by atoms with Gasteiger partial charge in [-0.3, -0.25) is 0 Å². The minimum absolute atomic E-state index is 0.149. The van der Waals surface area contributed by atoms with Gasteiger partial charge in [-0.15, -0.1) is 0 Å². The van der Waals surface area contributed by atoms with Crippen molar-refractivity contribution in [1.29, 1.82) is 0 Å². The highest BCUT2D eigenvalue weighted by atomic mass is 79.9. The maximum absolute atomic E-state index is 12.4. The minimum Gasteiger partial charge on any atom is -0.478 e. The van der Waals surface area contributed by atoms with Crippen LogP contribution >= 0.6 is 15.9 Å². The number of carbonyl (C=O) groups is 1. The second-order valence-corrected chi connectivity index (χ2v) is 3.71. The second-order valence-electron chi connectivity index (χ2n) is 2.92. The molecule has 1 aromatic rings. The van der Waals surface area contributed by atoms with Crippen LogP contribution in [0.5, 0.6) is 0 Å². The molecule has 0 aliphatic carbocycles. The third kappa shape index (κ3) is 2.80. The molecule has 0 fully saturated rings. The second kappa shape index (κ2) is 5.10. The fraction of sp³-hybridized carbons (Fsp3) is 0.300. The normalized spacial score (nSPS) is 10.1. The lowest BCUT2D eigenvalue weighted by Gasteiger charge is -2.03. The number of aromatic carboxylic acids is 1. The first kappa shape index (κ1) is 11.2. The first-order valence-corrected chi connectivity index (χ1v) is 5.27. The quantitative estimate of drug-likeness (QED) is 0.846. The van der Waals surface area contributed by atoms with Gasteiger partial charge in [0.15, 0.2) is 0 Å². The Balaban J connectivity index is 3.06. The molecule has 0 atom stereocenters. The number of aryl methyl sites for hydroxylation is 1. The number of carboxylic acid groups (broad SMARTS) is 1. The van der Waals surface area contributed by atoms with E-state index < -0.39 is 12.6 Å². The molecule has 76 valence electrons. The van der Waals surface area contributed by atoms with Crippen molar-refractivity contribution in [3.8, 4) is 0 Å². The van der Waals surface area contributed by atoms with Gasteiger partial charge in [0.05, 0.1) is 5.56 Å². The zero-order valence-corrected chi connectivity index (χ0v) is 9.05. The van der Waals surface area contributed by atoms with E-state index in [2.05, 4.69) is 15.9 Å². The Morgan fingerprint density at radius 1 is 1.36 bits per heavy atom. The molecule has 0 unspecified atom stereocenters. The molecule has 0 aromatic heterocycles. The van der Waals surface area contributed by atoms with Crippen molar-refractivity contribution in [3.05, 3.63) is 34.9 Å². The number of hydrogen-bond donors (Lipinski definition) is 1. The summed E-state index contributed by atoms with van der Waals surface area (Å²) in [6.45, 7) is -0.629. The average Bonchev–Trinajstić information content (AvgIpc) is 2.17. The van der Waals surface area contributed by atoms with Crippen LogP contribution < -0.4 is 0 Å². The van der Waals surface area contributed by atoms with E-state index in [1.165, 1.54) is 6.07 Å². The Kier molecular flexibility index (Phi) is 4.07. The van der Waals surface area contributed by atoms with Crippen molar-refractivity contribution in [1.82, 2.24) is 0 Å². The molecule has 1 aromatic carbocycles. The van der Waals surface area contributed by atoms with Crippen LogP contribution in [-0.4, -0.2) is 16.4 Å². The lowest BCUT2D eigenvalue weighted by atomic mass is 10.0. The smallest absolute Gasteiger partial charge is 0.335 e. The Morgan fingerprint density at radius 2 is 2.00 bits per heavy atom. The maximum Gasteiger partial charge on any atom is 0.335 e. The van der Waals surface area contributed by atoms with Crippen LogP contribution in [0.2, 0.25) is 0 Å². The first-order chi connectivity index (χ1) is 6.67. The highest BCUT2D eigenvalue weighted by Crippen LogP contribution is 2.13. The molecule has 1 N–H and O–H groups in total. The third-order valence-electron chi connectivity index (χ3n) is 1.84. The number of hydrogen-bond acceptors (Lipinski definition) is 1. The zero-order chi connectivity index (χ0) is 10.6. The molecular weight excluding hydrogens is 251 g/mol. The van der Waals surface area contributed by atoms with Gasteiger partial charge in [0, 0.05) is 5.33 Å². The number of carboxylic acids is 1. The maximum atomic E-state index is 12.4. The summed E-state index contributed by atoms with van der Waals surface area (Å²) in [6.07, 6.45) is 0.702. The van der Waals surface area contributed by atoms with Gasteiger partial charge in [0.25, 0.3) is 0 Å². The van der Waals surface area contributed by atoms with Crippen molar-refractivity contribution in [3.63, 3.8) is 0 Å². The van der Waals surface area contributed by atoms with E-state index in [0.717, 1.165) is 10.9 Å². The van der Waals surface area contributed by atoms with E-state index in [1.54, 1.807) is 12.1 Å². The standard InChI is InChI=1S/C10H10BrFO2/c11-2-1-7-3-8(6-12)5-9(4-7)10(13)14/h3-5H,1-2,6H2,(H,13,14). The molecule has 0 heterocycles. The monoisotopic (exact) mass is 260 g/mol. The molecule has 2 nitrogen and oxygen atoms in total. The van der Waals surface area contributed by atoms with E-state index in [0.29, 0.717) is 12.0 Å². The van der Waals surface area contributed by atoms with E-state index in [4.69, 9.17) is 5.11 Å². The Bertz CT molecular complexity index is 339. The molecule has 0 bridgehead atoms. The van der Waals surface area contributed by atoms with Gasteiger partial charge in [-0.2, -0.15) is 0 Å². The predicted molar refractivity (Wildman–Crippen MR) is 55.7 cm³/mol. The Labute approximate surface area is 89.9 Å². The molecule has 0 aliphatic heterocycles.